The molecule has 1 saturated heterocycles. The first-order valence-electron chi connectivity index (χ1n) is 9.46. The smallest absolute Gasteiger partial charge is 0.129 e. The van der Waals surface area contributed by atoms with Crippen LogP contribution < -0.4 is 16.0 Å². The van der Waals surface area contributed by atoms with Gasteiger partial charge in [0.1, 0.15) is 5.82 Å². The number of aliphatic hydroxyl groups excluding tert-OH is 1. The summed E-state index contributed by atoms with van der Waals surface area (Å²) in [6.45, 7) is 6.94. The summed E-state index contributed by atoms with van der Waals surface area (Å²) in [6.07, 6.45) is 2.13. The second kappa shape index (κ2) is 8.62. The number of aryl methyl sites for hydroxylation is 2. The predicted octanol–water partition coefficient (Wildman–Crippen LogP) is 2.24. The molecule has 0 radical (unpaired) electrons. The minimum absolute atomic E-state index is 0.0288. The molecule has 1 unspecified atom stereocenters. The molecule has 0 amide bonds. The van der Waals surface area contributed by atoms with Gasteiger partial charge in [0, 0.05) is 37.3 Å². The molecule has 26 heavy (non-hydrogen) atoms. The Balaban J connectivity index is 1.63. The van der Waals surface area contributed by atoms with Crippen molar-refractivity contribution in [3.63, 3.8) is 0 Å². The van der Waals surface area contributed by atoms with Crippen LogP contribution in [0.3, 0.4) is 0 Å². The highest BCUT2D eigenvalue weighted by Gasteiger charge is 2.20. The van der Waals surface area contributed by atoms with Crippen molar-refractivity contribution in [2.24, 2.45) is 5.73 Å². The van der Waals surface area contributed by atoms with Crippen LogP contribution in [0.5, 0.6) is 0 Å². The number of pyridine rings is 1. The van der Waals surface area contributed by atoms with Crippen molar-refractivity contribution in [1.29, 1.82) is 0 Å². The molecular weight excluding hydrogens is 324 g/mol. The van der Waals surface area contributed by atoms with E-state index in [9.17, 15) is 0 Å². The summed E-state index contributed by atoms with van der Waals surface area (Å²) in [5.41, 5.74) is 10.6. The summed E-state index contributed by atoms with van der Waals surface area (Å²) in [5, 5.41) is 12.5. The molecule has 1 aromatic carbocycles. The highest BCUT2D eigenvalue weighted by atomic mass is 16.3. The number of nitrogens with two attached hydrogens (primary N) is 1. The first-order valence-corrected chi connectivity index (χ1v) is 9.46. The molecule has 1 atom stereocenters. The maximum absolute atomic E-state index is 9.03. The van der Waals surface area contributed by atoms with Crippen LogP contribution in [0.25, 0.3) is 11.3 Å². The van der Waals surface area contributed by atoms with E-state index in [0.717, 1.165) is 37.4 Å². The third-order valence-corrected chi connectivity index (χ3v) is 5.26. The Hall–Kier alpha value is -1.95. The number of nitrogens with one attached hydrogen (secondary N) is 1. The van der Waals surface area contributed by atoms with Crippen molar-refractivity contribution in [3.05, 3.63) is 47.5 Å². The van der Waals surface area contributed by atoms with Crippen LogP contribution in [0.15, 0.2) is 36.4 Å². The molecule has 2 aromatic rings. The zero-order chi connectivity index (χ0) is 18.5. The molecular formula is C21H30N4O. The molecule has 1 fully saturated rings. The Morgan fingerprint density at radius 1 is 1.19 bits per heavy atom. The van der Waals surface area contributed by atoms with Crippen LogP contribution in [-0.2, 0) is 0 Å². The van der Waals surface area contributed by atoms with Gasteiger partial charge in [0.25, 0.3) is 0 Å². The molecule has 1 aliphatic heterocycles. The highest BCUT2D eigenvalue weighted by molar-refractivity contribution is 5.63. The topological polar surface area (TPSA) is 74.4 Å². The summed E-state index contributed by atoms with van der Waals surface area (Å²) in [4.78, 5) is 7.26. The number of piperidine rings is 1. The number of aliphatic hydroxyl groups is 1. The Morgan fingerprint density at radius 3 is 2.65 bits per heavy atom. The van der Waals surface area contributed by atoms with Gasteiger partial charge in [-0.05, 0) is 56.0 Å². The minimum Gasteiger partial charge on any atom is -0.395 e. The van der Waals surface area contributed by atoms with E-state index in [1.807, 2.05) is 0 Å². The standard InChI is InChI=1S/C21H30N4O/c1-15-6-7-17(12-16(15)2)20-4-3-5-21(24-20)25-10-8-19(9-11-25)23-13-18(22)14-26/h3-7,12,18-19,23,26H,8-11,13-14,22H2,1-2H3. The molecule has 140 valence electrons. The third kappa shape index (κ3) is 4.61. The van der Waals surface area contributed by atoms with E-state index in [4.69, 9.17) is 15.8 Å². The maximum Gasteiger partial charge on any atom is 0.129 e. The van der Waals surface area contributed by atoms with Gasteiger partial charge < -0.3 is 21.1 Å². The minimum atomic E-state index is -0.177. The van der Waals surface area contributed by atoms with Gasteiger partial charge in [-0.2, -0.15) is 0 Å². The Morgan fingerprint density at radius 2 is 1.96 bits per heavy atom. The van der Waals surface area contributed by atoms with Gasteiger partial charge in [-0.25, -0.2) is 4.98 Å². The Bertz CT molecular complexity index is 726. The number of nitrogens with zero attached hydrogens (tertiary/aromatic N) is 2. The largest absolute Gasteiger partial charge is 0.395 e. The average Bonchev–Trinajstić information content (AvgIpc) is 2.68. The Kier molecular flexibility index (Phi) is 6.25. The highest BCUT2D eigenvalue weighted by Crippen LogP contribution is 2.24. The molecule has 5 nitrogen and oxygen atoms in total. The molecule has 1 aliphatic rings. The van der Waals surface area contributed by atoms with Crippen molar-refractivity contribution < 1.29 is 5.11 Å². The summed E-state index contributed by atoms with van der Waals surface area (Å²) in [5.74, 6) is 1.05. The zero-order valence-electron chi connectivity index (χ0n) is 15.8. The van der Waals surface area contributed by atoms with E-state index in [2.05, 4.69) is 60.5 Å². The molecule has 0 bridgehead atoms. The van der Waals surface area contributed by atoms with E-state index in [1.165, 1.54) is 16.7 Å². The molecule has 2 heterocycles. The van der Waals surface area contributed by atoms with Gasteiger partial charge in [0.2, 0.25) is 0 Å². The summed E-state index contributed by atoms with van der Waals surface area (Å²) >= 11 is 0. The Labute approximate surface area is 156 Å². The van der Waals surface area contributed by atoms with Crippen LogP contribution >= 0.6 is 0 Å². The van der Waals surface area contributed by atoms with Crippen molar-refractivity contribution >= 4 is 5.82 Å². The lowest BCUT2D eigenvalue weighted by atomic mass is 10.0. The van der Waals surface area contributed by atoms with Crippen molar-refractivity contribution in [2.45, 2.75) is 38.8 Å². The SMILES string of the molecule is Cc1ccc(-c2cccc(N3CCC(NCC(N)CO)CC3)n2)cc1C. The second-order valence-corrected chi connectivity index (χ2v) is 7.29. The molecule has 0 saturated carbocycles. The number of hydrogen-bond donors (Lipinski definition) is 3. The van der Waals surface area contributed by atoms with Gasteiger partial charge in [-0.3, -0.25) is 0 Å². The lowest BCUT2D eigenvalue weighted by Crippen LogP contribution is -2.47. The van der Waals surface area contributed by atoms with Crippen molar-refractivity contribution in [2.75, 3.05) is 31.1 Å². The van der Waals surface area contributed by atoms with E-state index in [-0.39, 0.29) is 12.6 Å². The lowest BCUT2D eigenvalue weighted by molar-refractivity contribution is 0.256. The second-order valence-electron chi connectivity index (χ2n) is 7.29. The fraction of sp³-hybridized carbons (Fsp3) is 0.476. The first kappa shape index (κ1) is 18.8. The summed E-state index contributed by atoms with van der Waals surface area (Å²) in [6, 6.07) is 13.1. The average molecular weight is 354 g/mol. The van der Waals surface area contributed by atoms with Crippen LogP contribution in [-0.4, -0.2) is 48.4 Å². The normalized spacial score (nSPS) is 16.7. The molecule has 0 aliphatic carbocycles. The molecule has 1 aromatic heterocycles. The van der Waals surface area contributed by atoms with E-state index < -0.39 is 0 Å². The molecule has 0 spiro atoms. The van der Waals surface area contributed by atoms with Gasteiger partial charge in [0.05, 0.1) is 12.3 Å². The van der Waals surface area contributed by atoms with Crippen LogP contribution in [0.1, 0.15) is 24.0 Å². The number of rotatable bonds is 6. The van der Waals surface area contributed by atoms with Gasteiger partial charge in [-0.15, -0.1) is 0 Å². The number of hydrogen-bond acceptors (Lipinski definition) is 5. The fourth-order valence-corrected chi connectivity index (χ4v) is 3.36. The lowest BCUT2D eigenvalue weighted by Gasteiger charge is -2.33. The van der Waals surface area contributed by atoms with Gasteiger partial charge >= 0.3 is 0 Å². The van der Waals surface area contributed by atoms with Gasteiger partial charge in [-0.1, -0.05) is 18.2 Å². The summed E-state index contributed by atoms with van der Waals surface area (Å²) < 4.78 is 0. The van der Waals surface area contributed by atoms with Gasteiger partial charge in [0.15, 0.2) is 0 Å². The predicted molar refractivity (Wildman–Crippen MR) is 107 cm³/mol. The van der Waals surface area contributed by atoms with E-state index >= 15 is 0 Å². The van der Waals surface area contributed by atoms with Crippen molar-refractivity contribution in [1.82, 2.24) is 10.3 Å². The molecule has 5 heteroatoms. The van der Waals surface area contributed by atoms with E-state index in [0.29, 0.717) is 12.6 Å². The monoisotopic (exact) mass is 354 g/mol. The van der Waals surface area contributed by atoms with E-state index in [1.54, 1.807) is 0 Å². The quantitative estimate of drug-likeness (QED) is 0.742. The molecule has 3 rings (SSSR count). The number of anilines is 1. The number of benzene rings is 1. The van der Waals surface area contributed by atoms with Crippen LogP contribution in [0.2, 0.25) is 0 Å². The first-order chi connectivity index (χ1) is 12.6. The zero-order valence-corrected chi connectivity index (χ0v) is 15.8. The molecule has 4 N–H and O–H groups in total. The van der Waals surface area contributed by atoms with Crippen LogP contribution in [0.4, 0.5) is 5.82 Å². The fourth-order valence-electron chi connectivity index (χ4n) is 3.36. The third-order valence-electron chi connectivity index (χ3n) is 5.26. The van der Waals surface area contributed by atoms with Crippen LogP contribution in [0, 0.1) is 13.8 Å². The van der Waals surface area contributed by atoms with Crippen molar-refractivity contribution in [3.8, 4) is 11.3 Å². The summed E-state index contributed by atoms with van der Waals surface area (Å²) in [7, 11) is 0. The maximum atomic E-state index is 9.03. The number of aromatic nitrogens is 1.